The molecule has 0 radical (unpaired) electrons. The molecule has 1 aliphatic rings. The van der Waals surface area contributed by atoms with Gasteiger partial charge in [0.15, 0.2) is 0 Å². The van der Waals surface area contributed by atoms with Crippen molar-refractivity contribution in [2.24, 2.45) is 0 Å². The largest absolute Gasteiger partial charge is 0.467 e. The molecule has 0 spiro atoms. The van der Waals surface area contributed by atoms with E-state index in [-0.39, 0.29) is 12.0 Å². The van der Waals surface area contributed by atoms with Crippen molar-refractivity contribution in [1.82, 2.24) is 0 Å². The lowest BCUT2D eigenvalue weighted by molar-refractivity contribution is -0.141. The van der Waals surface area contributed by atoms with Crippen LogP contribution < -0.4 is 4.90 Å². The van der Waals surface area contributed by atoms with E-state index in [4.69, 9.17) is 4.74 Å². The third kappa shape index (κ3) is 1.96. The van der Waals surface area contributed by atoms with E-state index in [1.807, 2.05) is 30.3 Å². The first kappa shape index (κ1) is 10.0. The number of benzene rings is 1. The highest BCUT2D eigenvalue weighted by molar-refractivity contribution is 5.80. The van der Waals surface area contributed by atoms with E-state index in [1.54, 1.807) is 0 Å². The summed E-state index contributed by atoms with van der Waals surface area (Å²) in [5, 5.41) is 0. The minimum Gasteiger partial charge on any atom is -0.467 e. The number of anilines is 1. The summed E-state index contributed by atoms with van der Waals surface area (Å²) in [4.78, 5) is 13.7. The number of nitrogens with zero attached hydrogens (tertiary/aromatic N) is 1. The van der Waals surface area contributed by atoms with Crippen molar-refractivity contribution < 1.29 is 9.53 Å². The summed E-state index contributed by atoms with van der Waals surface area (Å²) >= 11 is 0. The van der Waals surface area contributed by atoms with Crippen molar-refractivity contribution in [2.45, 2.75) is 18.9 Å². The first-order chi connectivity index (χ1) is 7.33. The van der Waals surface area contributed by atoms with E-state index in [0.717, 1.165) is 25.1 Å². The van der Waals surface area contributed by atoms with E-state index in [9.17, 15) is 4.79 Å². The van der Waals surface area contributed by atoms with Crippen molar-refractivity contribution in [3.8, 4) is 0 Å². The topological polar surface area (TPSA) is 29.5 Å². The molecule has 15 heavy (non-hydrogen) atoms. The van der Waals surface area contributed by atoms with E-state index in [2.05, 4.69) is 4.90 Å². The van der Waals surface area contributed by atoms with Crippen molar-refractivity contribution >= 4 is 11.7 Å². The van der Waals surface area contributed by atoms with Crippen molar-refractivity contribution in [3.05, 3.63) is 30.3 Å². The molecule has 0 unspecified atom stereocenters. The molecule has 0 N–H and O–H groups in total. The molecule has 1 fully saturated rings. The fourth-order valence-corrected chi connectivity index (χ4v) is 2.08. The van der Waals surface area contributed by atoms with E-state index in [0.29, 0.717) is 0 Å². The predicted molar refractivity (Wildman–Crippen MR) is 58.8 cm³/mol. The summed E-state index contributed by atoms with van der Waals surface area (Å²) in [6.07, 6.45) is 1.94. The number of carbonyl (C=O) groups excluding carboxylic acids is 1. The average molecular weight is 205 g/mol. The van der Waals surface area contributed by atoms with Crippen LogP contribution in [0.25, 0.3) is 0 Å². The van der Waals surface area contributed by atoms with Gasteiger partial charge in [0.1, 0.15) is 6.04 Å². The first-order valence-electron chi connectivity index (χ1n) is 5.22. The summed E-state index contributed by atoms with van der Waals surface area (Å²) in [7, 11) is 1.45. The molecule has 0 bridgehead atoms. The Bertz CT molecular complexity index is 337. The van der Waals surface area contributed by atoms with Crippen LogP contribution >= 0.6 is 0 Å². The fourth-order valence-electron chi connectivity index (χ4n) is 2.08. The predicted octanol–water partition coefficient (Wildman–Crippen LogP) is 1.83. The highest BCUT2D eigenvalue weighted by Gasteiger charge is 2.31. The number of hydrogen-bond donors (Lipinski definition) is 0. The molecule has 0 aromatic heterocycles. The molecule has 0 saturated carbocycles. The zero-order valence-corrected chi connectivity index (χ0v) is 8.85. The Labute approximate surface area is 89.7 Å². The molecule has 1 aliphatic heterocycles. The highest BCUT2D eigenvalue weighted by Crippen LogP contribution is 2.25. The van der Waals surface area contributed by atoms with Crippen LogP contribution in [0, 0.1) is 0 Å². The summed E-state index contributed by atoms with van der Waals surface area (Å²) < 4.78 is 4.81. The van der Waals surface area contributed by atoms with E-state index < -0.39 is 0 Å². The maximum Gasteiger partial charge on any atom is 0.328 e. The smallest absolute Gasteiger partial charge is 0.328 e. The lowest BCUT2D eigenvalue weighted by atomic mass is 10.2. The maximum absolute atomic E-state index is 11.5. The summed E-state index contributed by atoms with van der Waals surface area (Å²) in [5.41, 5.74) is 1.10. The number of ether oxygens (including phenoxy) is 1. The maximum atomic E-state index is 11.5. The molecule has 3 heteroatoms. The van der Waals surface area contributed by atoms with Gasteiger partial charge in [0, 0.05) is 12.2 Å². The molecule has 3 nitrogen and oxygen atoms in total. The standard InChI is InChI=1S/C12H15NO2/c1-15-12(14)11-8-5-9-13(11)10-6-3-2-4-7-10/h2-4,6-7,11H,5,8-9H2,1H3/t11-/m0/s1. The van der Waals surface area contributed by atoms with Gasteiger partial charge in [0.2, 0.25) is 0 Å². The zero-order chi connectivity index (χ0) is 10.7. The van der Waals surface area contributed by atoms with E-state index in [1.165, 1.54) is 7.11 Å². The molecule has 1 aromatic carbocycles. The zero-order valence-electron chi connectivity index (χ0n) is 8.85. The Balaban J connectivity index is 2.18. The monoisotopic (exact) mass is 205 g/mol. The van der Waals surface area contributed by atoms with Gasteiger partial charge in [0.05, 0.1) is 7.11 Å². The Morgan fingerprint density at radius 3 is 2.80 bits per heavy atom. The molecule has 0 amide bonds. The van der Waals surface area contributed by atoms with Crippen molar-refractivity contribution in [2.75, 3.05) is 18.6 Å². The quantitative estimate of drug-likeness (QED) is 0.690. The van der Waals surface area contributed by atoms with Gasteiger partial charge >= 0.3 is 5.97 Å². The Kier molecular flexibility index (Phi) is 2.90. The summed E-state index contributed by atoms with van der Waals surface area (Å²) in [6.45, 7) is 0.934. The Hall–Kier alpha value is -1.51. The minimum atomic E-state index is -0.128. The molecular formula is C12H15NO2. The van der Waals surface area contributed by atoms with Gasteiger partial charge in [-0.1, -0.05) is 18.2 Å². The molecule has 80 valence electrons. The fraction of sp³-hybridized carbons (Fsp3) is 0.417. The highest BCUT2D eigenvalue weighted by atomic mass is 16.5. The van der Waals surface area contributed by atoms with Crippen LogP contribution in [0.5, 0.6) is 0 Å². The lowest BCUT2D eigenvalue weighted by Gasteiger charge is -2.24. The molecular weight excluding hydrogens is 190 g/mol. The van der Waals surface area contributed by atoms with E-state index >= 15 is 0 Å². The Morgan fingerprint density at radius 1 is 1.40 bits per heavy atom. The van der Waals surface area contributed by atoms with Gasteiger partial charge in [-0.25, -0.2) is 4.79 Å². The van der Waals surface area contributed by atoms with Gasteiger partial charge in [-0.05, 0) is 25.0 Å². The number of methoxy groups -OCH3 is 1. The lowest BCUT2D eigenvalue weighted by Crippen LogP contribution is -2.36. The molecule has 0 aliphatic carbocycles. The van der Waals surface area contributed by atoms with Crippen LogP contribution in [0.1, 0.15) is 12.8 Å². The van der Waals surface area contributed by atoms with Gasteiger partial charge in [-0.3, -0.25) is 0 Å². The van der Waals surface area contributed by atoms with Gasteiger partial charge in [0.25, 0.3) is 0 Å². The van der Waals surface area contributed by atoms with Crippen LogP contribution in [-0.2, 0) is 9.53 Å². The van der Waals surface area contributed by atoms with Crippen LogP contribution in [0.4, 0.5) is 5.69 Å². The van der Waals surface area contributed by atoms with Crippen LogP contribution in [0.2, 0.25) is 0 Å². The third-order valence-corrected chi connectivity index (χ3v) is 2.81. The normalized spacial score (nSPS) is 20.3. The summed E-state index contributed by atoms with van der Waals surface area (Å²) in [5.74, 6) is -0.128. The number of rotatable bonds is 2. The van der Waals surface area contributed by atoms with Gasteiger partial charge < -0.3 is 9.64 Å². The molecule has 1 atom stereocenters. The minimum absolute atomic E-state index is 0.0996. The van der Waals surface area contributed by atoms with Gasteiger partial charge in [-0.2, -0.15) is 0 Å². The molecule has 2 rings (SSSR count). The number of carbonyl (C=O) groups is 1. The second-order valence-electron chi connectivity index (χ2n) is 3.71. The molecule has 1 heterocycles. The molecule has 1 aromatic rings. The average Bonchev–Trinajstić information content (AvgIpc) is 2.78. The summed E-state index contributed by atoms with van der Waals surface area (Å²) in [6, 6.07) is 9.91. The second kappa shape index (κ2) is 4.34. The third-order valence-electron chi connectivity index (χ3n) is 2.81. The second-order valence-corrected chi connectivity index (χ2v) is 3.71. The number of esters is 1. The van der Waals surface area contributed by atoms with Crippen molar-refractivity contribution in [1.29, 1.82) is 0 Å². The van der Waals surface area contributed by atoms with Crippen LogP contribution in [0.15, 0.2) is 30.3 Å². The number of para-hydroxylation sites is 1. The SMILES string of the molecule is COC(=O)[C@@H]1CCCN1c1ccccc1. The first-order valence-corrected chi connectivity index (χ1v) is 5.22. The Morgan fingerprint density at radius 2 is 2.13 bits per heavy atom. The van der Waals surface area contributed by atoms with Gasteiger partial charge in [-0.15, -0.1) is 0 Å². The van der Waals surface area contributed by atoms with Crippen LogP contribution in [0.3, 0.4) is 0 Å². The number of hydrogen-bond acceptors (Lipinski definition) is 3. The molecule has 1 saturated heterocycles. The van der Waals surface area contributed by atoms with Crippen LogP contribution in [-0.4, -0.2) is 25.7 Å². The van der Waals surface area contributed by atoms with Crippen molar-refractivity contribution in [3.63, 3.8) is 0 Å².